The normalized spacial score (nSPS) is 12.5. The summed E-state index contributed by atoms with van der Waals surface area (Å²) in [5.74, 6) is 0. The molecule has 0 N–H and O–H groups in total. The van der Waals surface area contributed by atoms with Crippen molar-refractivity contribution in [2.75, 3.05) is 20.6 Å². The third kappa shape index (κ3) is 3.38. The van der Waals surface area contributed by atoms with E-state index in [0.29, 0.717) is 5.41 Å². The summed E-state index contributed by atoms with van der Waals surface area (Å²) in [6.07, 6.45) is 0. The van der Waals surface area contributed by atoms with Gasteiger partial charge in [-0.1, -0.05) is 13.8 Å². The van der Waals surface area contributed by atoms with Crippen molar-refractivity contribution in [2.24, 2.45) is 5.41 Å². The molecule has 0 atom stereocenters. The molecule has 1 aromatic heterocycles. The summed E-state index contributed by atoms with van der Waals surface area (Å²) in [6.45, 7) is 11.2. The summed E-state index contributed by atoms with van der Waals surface area (Å²) in [6, 6.07) is 4.39. The number of rotatable bonds is 4. The molecule has 15 heavy (non-hydrogen) atoms. The van der Waals surface area contributed by atoms with Crippen molar-refractivity contribution in [1.29, 1.82) is 0 Å². The summed E-state index contributed by atoms with van der Waals surface area (Å²) in [7, 11) is 4.27. The summed E-state index contributed by atoms with van der Waals surface area (Å²) in [5.41, 5.74) is 3.04. The van der Waals surface area contributed by atoms with E-state index in [1.807, 2.05) is 0 Å². The monoisotopic (exact) mass is 208 g/mol. The number of aryl methyl sites for hydroxylation is 2. The van der Waals surface area contributed by atoms with Crippen LogP contribution in [-0.2, 0) is 6.54 Å². The Morgan fingerprint density at radius 2 is 1.60 bits per heavy atom. The van der Waals surface area contributed by atoms with Gasteiger partial charge in [0.05, 0.1) is 0 Å². The van der Waals surface area contributed by atoms with E-state index in [9.17, 15) is 0 Å². The molecule has 0 saturated carbocycles. The summed E-state index contributed by atoms with van der Waals surface area (Å²) in [5, 5.41) is 0. The van der Waals surface area contributed by atoms with Gasteiger partial charge in [-0.05, 0) is 45.5 Å². The zero-order chi connectivity index (χ0) is 11.6. The topological polar surface area (TPSA) is 8.17 Å². The molecule has 0 unspecified atom stereocenters. The van der Waals surface area contributed by atoms with Gasteiger partial charge in [-0.25, -0.2) is 0 Å². The van der Waals surface area contributed by atoms with E-state index in [-0.39, 0.29) is 0 Å². The van der Waals surface area contributed by atoms with E-state index >= 15 is 0 Å². The average molecular weight is 208 g/mol. The number of hydrogen-bond acceptors (Lipinski definition) is 1. The highest BCUT2D eigenvalue weighted by Gasteiger charge is 2.20. The first kappa shape index (κ1) is 12.3. The van der Waals surface area contributed by atoms with Gasteiger partial charge in [-0.15, -0.1) is 0 Å². The standard InChI is InChI=1S/C13H24N2/c1-11-7-8-12(2)15(11)10-13(3,4)9-14(5)6/h7-8H,9-10H2,1-6H3. The molecule has 0 amide bonds. The van der Waals surface area contributed by atoms with E-state index in [1.54, 1.807) is 0 Å². The van der Waals surface area contributed by atoms with Gasteiger partial charge in [0.2, 0.25) is 0 Å². The maximum absolute atomic E-state index is 2.41. The van der Waals surface area contributed by atoms with E-state index in [2.05, 4.69) is 63.4 Å². The van der Waals surface area contributed by atoms with Crippen LogP contribution in [0.15, 0.2) is 12.1 Å². The third-order valence-electron chi connectivity index (χ3n) is 2.75. The van der Waals surface area contributed by atoms with Crippen molar-refractivity contribution in [1.82, 2.24) is 9.47 Å². The van der Waals surface area contributed by atoms with Crippen molar-refractivity contribution in [3.8, 4) is 0 Å². The largest absolute Gasteiger partial charge is 0.349 e. The highest BCUT2D eigenvalue weighted by Crippen LogP contribution is 2.21. The maximum Gasteiger partial charge on any atom is 0.0288 e. The fourth-order valence-electron chi connectivity index (χ4n) is 2.28. The highest BCUT2D eigenvalue weighted by molar-refractivity contribution is 5.13. The molecular formula is C13H24N2. The fraction of sp³-hybridized carbons (Fsp3) is 0.692. The van der Waals surface area contributed by atoms with Crippen LogP contribution in [0.5, 0.6) is 0 Å². The first-order valence-corrected chi connectivity index (χ1v) is 5.59. The second kappa shape index (κ2) is 4.40. The third-order valence-corrected chi connectivity index (χ3v) is 2.75. The molecule has 0 radical (unpaired) electrons. The molecule has 0 aliphatic carbocycles. The zero-order valence-corrected chi connectivity index (χ0v) is 11.0. The lowest BCUT2D eigenvalue weighted by Gasteiger charge is -2.30. The van der Waals surface area contributed by atoms with Crippen molar-refractivity contribution >= 4 is 0 Å². The lowest BCUT2D eigenvalue weighted by atomic mass is 9.92. The van der Waals surface area contributed by atoms with Gasteiger partial charge in [-0.3, -0.25) is 0 Å². The summed E-state index contributed by atoms with van der Waals surface area (Å²) >= 11 is 0. The molecule has 0 saturated heterocycles. The van der Waals surface area contributed by atoms with Crippen LogP contribution < -0.4 is 0 Å². The van der Waals surface area contributed by atoms with Crippen LogP contribution in [0, 0.1) is 19.3 Å². The predicted octanol–water partition coefficient (Wildman–Crippen LogP) is 2.69. The molecule has 0 spiro atoms. The zero-order valence-electron chi connectivity index (χ0n) is 11.0. The first-order chi connectivity index (χ1) is 6.82. The molecule has 2 heteroatoms. The quantitative estimate of drug-likeness (QED) is 0.738. The maximum atomic E-state index is 2.41. The fourth-order valence-corrected chi connectivity index (χ4v) is 2.28. The van der Waals surface area contributed by atoms with Crippen LogP contribution in [0.2, 0.25) is 0 Å². The van der Waals surface area contributed by atoms with Gasteiger partial charge in [0.15, 0.2) is 0 Å². The van der Waals surface area contributed by atoms with Crippen LogP contribution >= 0.6 is 0 Å². The molecule has 0 fully saturated rings. The van der Waals surface area contributed by atoms with Crippen molar-refractivity contribution < 1.29 is 0 Å². The van der Waals surface area contributed by atoms with Gasteiger partial charge in [0.1, 0.15) is 0 Å². The Labute approximate surface area is 93.9 Å². The molecule has 0 aliphatic rings. The Morgan fingerprint density at radius 3 is 2.00 bits per heavy atom. The van der Waals surface area contributed by atoms with Gasteiger partial charge in [0, 0.05) is 24.5 Å². The molecule has 1 aromatic rings. The molecule has 1 rings (SSSR count). The molecule has 86 valence electrons. The van der Waals surface area contributed by atoms with E-state index in [1.165, 1.54) is 11.4 Å². The lowest BCUT2D eigenvalue weighted by Crippen LogP contribution is -2.32. The van der Waals surface area contributed by atoms with E-state index in [4.69, 9.17) is 0 Å². The Morgan fingerprint density at radius 1 is 1.13 bits per heavy atom. The van der Waals surface area contributed by atoms with E-state index < -0.39 is 0 Å². The van der Waals surface area contributed by atoms with Crippen LogP contribution in [0.1, 0.15) is 25.2 Å². The number of hydrogen-bond donors (Lipinski definition) is 0. The minimum Gasteiger partial charge on any atom is -0.349 e. The molecule has 0 bridgehead atoms. The molecule has 0 aliphatic heterocycles. The first-order valence-electron chi connectivity index (χ1n) is 5.59. The second-order valence-corrected chi connectivity index (χ2v) is 5.60. The Kier molecular flexibility index (Phi) is 3.61. The predicted molar refractivity (Wildman–Crippen MR) is 66.2 cm³/mol. The molecule has 0 aromatic carbocycles. The Hall–Kier alpha value is -0.760. The van der Waals surface area contributed by atoms with Gasteiger partial charge in [0.25, 0.3) is 0 Å². The number of nitrogens with zero attached hydrogens (tertiary/aromatic N) is 2. The van der Waals surface area contributed by atoms with Crippen LogP contribution in [0.4, 0.5) is 0 Å². The van der Waals surface area contributed by atoms with Gasteiger partial charge >= 0.3 is 0 Å². The summed E-state index contributed by atoms with van der Waals surface area (Å²) in [4.78, 5) is 2.26. The Bertz CT molecular complexity index is 302. The molecular weight excluding hydrogens is 184 g/mol. The van der Waals surface area contributed by atoms with Gasteiger partial charge < -0.3 is 9.47 Å². The van der Waals surface area contributed by atoms with Crippen LogP contribution in [-0.4, -0.2) is 30.1 Å². The van der Waals surface area contributed by atoms with Crippen molar-refractivity contribution in [3.05, 3.63) is 23.5 Å². The molecule has 2 nitrogen and oxygen atoms in total. The van der Waals surface area contributed by atoms with Crippen LogP contribution in [0.3, 0.4) is 0 Å². The smallest absolute Gasteiger partial charge is 0.0288 e. The van der Waals surface area contributed by atoms with Crippen molar-refractivity contribution in [2.45, 2.75) is 34.2 Å². The van der Waals surface area contributed by atoms with Gasteiger partial charge in [-0.2, -0.15) is 0 Å². The average Bonchev–Trinajstić information content (AvgIpc) is 2.33. The highest BCUT2D eigenvalue weighted by atomic mass is 15.1. The second-order valence-electron chi connectivity index (χ2n) is 5.60. The summed E-state index contributed by atoms with van der Waals surface area (Å²) < 4.78 is 2.41. The van der Waals surface area contributed by atoms with Crippen molar-refractivity contribution in [3.63, 3.8) is 0 Å². The van der Waals surface area contributed by atoms with E-state index in [0.717, 1.165) is 13.1 Å². The minimum absolute atomic E-state index is 0.318. The van der Waals surface area contributed by atoms with Crippen LogP contribution in [0.25, 0.3) is 0 Å². The molecule has 1 heterocycles. The Balaban J connectivity index is 2.76. The number of aromatic nitrogens is 1. The SMILES string of the molecule is Cc1ccc(C)n1CC(C)(C)CN(C)C. The lowest BCUT2D eigenvalue weighted by molar-refractivity contribution is 0.209. The minimum atomic E-state index is 0.318.